The molecule has 15 heavy (non-hydrogen) atoms. The van der Waals surface area contributed by atoms with Crippen LogP contribution in [-0.4, -0.2) is 30.8 Å². The molecular formula is C9H12BrFN2O2. The van der Waals surface area contributed by atoms with Gasteiger partial charge in [0.15, 0.2) is 0 Å². The van der Waals surface area contributed by atoms with Gasteiger partial charge in [-0.25, -0.2) is 9.18 Å². The van der Waals surface area contributed by atoms with E-state index in [0.29, 0.717) is 4.61 Å². The van der Waals surface area contributed by atoms with Gasteiger partial charge in [-0.15, -0.1) is 0 Å². The summed E-state index contributed by atoms with van der Waals surface area (Å²) < 4.78 is 17.8. The number of carbonyl (C=O) groups excluding carboxylic acids is 1. The highest BCUT2D eigenvalue weighted by Crippen LogP contribution is 2.15. The molecule has 1 heterocycles. The maximum atomic E-state index is 12.4. The summed E-state index contributed by atoms with van der Waals surface area (Å²) in [5, 5.41) is 2.60. The first-order valence-electron chi connectivity index (χ1n) is 4.36. The molecule has 4 nitrogen and oxygen atoms in total. The fourth-order valence-corrected chi connectivity index (χ4v) is 1.41. The number of nitrogens with zero attached hydrogens (tertiary/aromatic N) is 1. The summed E-state index contributed by atoms with van der Waals surface area (Å²) in [6, 6.07) is 0. The largest absolute Gasteiger partial charge is 0.445 e. The van der Waals surface area contributed by atoms with E-state index < -0.39 is 6.09 Å². The van der Waals surface area contributed by atoms with E-state index >= 15 is 0 Å². The molecule has 1 aliphatic heterocycles. The molecule has 6 heteroatoms. The molecule has 1 N–H and O–H groups in total. The number of hydrogen-bond acceptors (Lipinski definition) is 3. The number of cyclic esters (lactones) is 1. The highest BCUT2D eigenvalue weighted by molar-refractivity contribution is 9.11. The molecule has 0 aromatic rings. The standard InChI is InChI=1S/C9H12BrFN2O2/c1-6(11)3-4-7(10)13(2)8-5-15-9(14)12-8/h3-4,8H,5H2,1-2H3,(H,12,14)/b6-3+,7-4-. The molecular weight excluding hydrogens is 267 g/mol. The van der Waals surface area contributed by atoms with E-state index in [0.717, 1.165) is 0 Å². The van der Waals surface area contributed by atoms with Gasteiger partial charge in [0.1, 0.15) is 12.8 Å². The van der Waals surface area contributed by atoms with Gasteiger partial charge < -0.3 is 9.64 Å². The van der Waals surface area contributed by atoms with Gasteiger partial charge >= 0.3 is 6.09 Å². The average molecular weight is 279 g/mol. The van der Waals surface area contributed by atoms with E-state index in [-0.39, 0.29) is 18.6 Å². The Bertz CT molecular complexity index is 313. The predicted molar refractivity (Wildman–Crippen MR) is 57.9 cm³/mol. The lowest BCUT2D eigenvalue weighted by Gasteiger charge is -2.23. The number of ether oxygens (including phenoxy) is 1. The Morgan fingerprint density at radius 1 is 1.73 bits per heavy atom. The average Bonchev–Trinajstić information content (AvgIpc) is 2.60. The lowest BCUT2D eigenvalue weighted by Crippen LogP contribution is -2.40. The highest BCUT2D eigenvalue weighted by atomic mass is 79.9. The van der Waals surface area contributed by atoms with Crippen LogP contribution in [-0.2, 0) is 4.74 Å². The molecule has 0 saturated carbocycles. The number of alkyl carbamates (subject to hydrolysis) is 1. The smallest absolute Gasteiger partial charge is 0.409 e. The van der Waals surface area contributed by atoms with Crippen LogP contribution in [0, 0.1) is 0 Å². The summed E-state index contributed by atoms with van der Waals surface area (Å²) in [6.07, 6.45) is 2.23. The Balaban J connectivity index is 2.60. The molecule has 0 radical (unpaired) electrons. The summed E-state index contributed by atoms with van der Waals surface area (Å²) in [7, 11) is 1.77. The van der Waals surface area contributed by atoms with E-state index in [1.807, 2.05) is 0 Å². The molecule has 0 spiro atoms. The molecule has 1 atom stereocenters. The van der Waals surface area contributed by atoms with E-state index in [4.69, 9.17) is 4.74 Å². The molecule has 0 bridgehead atoms. The first kappa shape index (κ1) is 12.0. The van der Waals surface area contributed by atoms with Crippen molar-refractivity contribution in [1.82, 2.24) is 10.2 Å². The van der Waals surface area contributed by atoms with Gasteiger partial charge in [-0.2, -0.15) is 0 Å². The third-order valence-corrected chi connectivity index (χ3v) is 2.74. The maximum absolute atomic E-state index is 12.4. The van der Waals surface area contributed by atoms with Crippen LogP contribution in [0.5, 0.6) is 0 Å². The van der Waals surface area contributed by atoms with Crippen LogP contribution in [0.1, 0.15) is 6.92 Å². The predicted octanol–water partition coefficient (Wildman–Crippen LogP) is 2.09. The number of amides is 1. The number of rotatable bonds is 3. The van der Waals surface area contributed by atoms with Gasteiger partial charge in [-0.05, 0) is 35.0 Å². The number of carbonyl (C=O) groups is 1. The van der Waals surface area contributed by atoms with Gasteiger partial charge in [-0.3, -0.25) is 5.32 Å². The molecule has 1 saturated heterocycles. The Kier molecular flexibility index (Phi) is 4.14. The third-order valence-electron chi connectivity index (χ3n) is 1.91. The molecule has 1 amide bonds. The minimum atomic E-state index is -0.440. The van der Waals surface area contributed by atoms with Crippen molar-refractivity contribution in [2.75, 3.05) is 13.7 Å². The molecule has 0 aromatic heterocycles. The van der Waals surface area contributed by atoms with Crippen molar-refractivity contribution in [1.29, 1.82) is 0 Å². The number of hydrogen-bond donors (Lipinski definition) is 1. The summed E-state index contributed by atoms with van der Waals surface area (Å²) in [5.74, 6) is -0.285. The van der Waals surface area contributed by atoms with E-state index in [1.165, 1.54) is 13.0 Å². The van der Waals surface area contributed by atoms with Crippen molar-refractivity contribution < 1.29 is 13.9 Å². The highest BCUT2D eigenvalue weighted by Gasteiger charge is 2.26. The van der Waals surface area contributed by atoms with E-state index in [2.05, 4.69) is 21.2 Å². The summed E-state index contributed by atoms with van der Waals surface area (Å²) >= 11 is 3.27. The van der Waals surface area contributed by atoms with Crippen LogP contribution < -0.4 is 5.32 Å². The second-order valence-corrected chi connectivity index (χ2v) is 3.92. The van der Waals surface area contributed by atoms with Crippen molar-refractivity contribution in [3.63, 3.8) is 0 Å². The fourth-order valence-electron chi connectivity index (χ4n) is 1.03. The molecule has 1 rings (SSSR count). The van der Waals surface area contributed by atoms with Crippen LogP contribution >= 0.6 is 15.9 Å². The summed E-state index contributed by atoms with van der Waals surface area (Å²) in [5.41, 5.74) is 0. The Labute approximate surface area is 95.9 Å². The zero-order valence-electron chi connectivity index (χ0n) is 8.46. The molecule has 1 aliphatic rings. The Morgan fingerprint density at radius 3 is 2.87 bits per heavy atom. The maximum Gasteiger partial charge on any atom is 0.409 e. The lowest BCUT2D eigenvalue weighted by molar-refractivity contribution is 0.171. The van der Waals surface area contributed by atoms with Crippen molar-refractivity contribution in [2.45, 2.75) is 13.1 Å². The second kappa shape index (κ2) is 5.16. The summed E-state index contributed by atoms with van der Waals surface area (Å²) in [4.78, 5) is 12.5. The van der Waals surface area contributed by atoms with Crippen molar-refractivity contribution >= 4 is 22.0 Å². The second-order valence-electron chi connectivity index (χ2n) is 3.11. The number of likely N-dealkylation sites (N-methyl/N-ethyl adjacent to an activating group) is 1. The lowest BCUT2D eigenvalue weighted by atomic mass is 10.4. The monoisotopic (exact) mass is 278 g/mol. The number of halogens is 2. The Morgan fingerprint density at radius 2 is 2.40 bits per heavy atom. The minimum absolute atomic E-state index is 0.226. The normalized spacial score (nSPS) is 22.4. The Hall–Kier alpha value is -1.04. The van der Waals surface area contributed by atoms with Crippen LogP contribution in [0.2, 0.25) is 0 Å². The molecule has 0 aliphatic carbocycles. The van der Waals surface area contributed by atoms with Crippen molar-refractivity contribution in [2.24, 2.45) is 0 Å². The zero-order chi connectivity index (χ0) is 11.4. The SMILES string of the molecule is C/C(F)=C\C=C(\Br)N(C)C1COC(=O)N1. The number of nitrogens with one attached hydrogen (secondary N) is 1. The van der Waals surface area contributed by atoms with Crippen LogP contribution in [0.4, 0.5) is 9.18 Å². The first-order valence-corrected chi connectivity index (χ1v) is 5.15. The van der Waals surface area contributed by atoms with Crippen molar-refractivity contribution in [3.8, 4) is 0 Å². The van der Waals surface area contributed by atoms with Gasteiger partial charge in [0.05, 0.1) is 10.4 Å². The first-order chi connectivity index (χ1) is 7.00. The van der Waals surface area contributed by atoms with Crippen LogP contribution in [0.15, 0.2) is 22.6 Å². The van der Waals surface area contributed by atoms with Gasteiger partial charge in [0, 0.05) is 7.05 Å². The van der Waals surface area contributed by atoms with Crippen molar-refractivity contribution in [3.05, 3.63) is 22.6 Å². The summed E-state index contributed by atoms with van der Waals surface area (Å²) in [6.45, 7) is 1.63. The third kappa shape index (κ3) is 3.54. The molecule has 84 valence electrons. The zero-order valence-corrected chi connectivity index (χ0v) is 10.0. The molecule has 1 unspecified atom stereocenters. The fraction of sp³-hybridized carbons (Fsp3) is 0.444. The quantitative estimate of drug-likeness (QED) is 0.635. The van der Waals surface area contributed by atoms with E-state index in [1.54, 1.807) is 18.0 Å². The molecule has 1 fully saturated rings. The van der Waals surface area contributed by atoms with Gasteiger partial charge in [0.2, 0.25) is 0 Å². The topological polar surface area (TPSA) is 41.6 Å². The van der Waals surface area contributed by atoms with Gasteiger partial charge in [0.25, 0.3) is 0 Å². The van der Waals surface area contributed by atoms with E-state index in [9.17, 15) is 9.18 Å². The minimum Gasteiger partial charge on any atom is -0.445 e. The molecule has 0 aromatic carbocycles. The van der Waals surface area contributed by atoms with Crippen LogP contribution in [0.25, 0.3) is 0 Å². The number of allylic oxidation sites excluding steroid dienone is 3. The van der Waals surface area contributed by atoms with Gasteiger partial charge in [-0.1, -0.05) is 0 Å². The van der Waals surface area contributed by atoms with Crippen LogP contribution in [0.3, 0.4) is 0 Å².